The van der Waals surface area contributed by atoms with Crippen molar-refractivity contribution in [3.8, 4) is 5.75 Å². The first kappa shape index (κ1) is 34.8. The molecule has 11 N–H and O–H groups in total. The van der Waals surface area contributed by atoms with E-state index >= 15 is 0 Å². The maximum Gasteiger partial charge on any atom is 0.244 e. The van der Waals surface area contributed by atoms with Crippen molar-refractivity contribution >= 4 is 42.5 Å². The zero-order valence-electron chi connectivity index (χ0n) is 22.6. The van der Waals surface area contributed by atoms with Crippen molar-refractivity contribution in [3.63, 3.8) is 0 Å². The van der Waals surface area contributed by atoms with E-state index < -0.39 is 47.8 Å². The topological polar surface area (TPSA) is 232 Å². The Bertz CT molecular complexity index is 950. The maximum atomic E-state index is 13.4. The molecule has 4 atom stereocenters. The molecule has 4 amide bonds. The molecule has 0 heterocycles. The molecule has 14 heteroatoms. The van der Waals surface area contributed by atoms with Crippen LogP contribution >= 0.6 is 12.6 Å². The summed E-state index contributed by atoms with van der Waals surface area (Å²) in [6.45, 7) is 0.671. The lowest BCUT2D eigenvalue weighted by Crippen LogP contribution is -2.58. The molecule has 40 heavy (non-hydrogen) atoms. The monoisotopic (exact) mass is 581 g/mol. The Labute approximate surface area is 240 Å². The van der Waals surface area contributed by atoms with Crippen LogP contribution in [0.1, 0.15) is 44.1 Å². The van der Waals surface area contributed by atoms with Crippen LogP contribution in [0.15, 0.2) is 24.3 Å². The van der Waals surface area contributed by atoms with Crippen molar-refractivity contribution in [3.05, 3.63) is 29.8 Å². The van der Waals surface area contributed by atoms with Crippen molar-refractivity contribution < 1.29 is 29.1 Å². The number of unbranched alkanes of at least 4 members (excludes halogenated alkanes) is 2. The largest absolute Gasteiger partial charge is 0.508 e. The number of nitrogens with two attached hydrogens (primary N) is 3. The standard InChI is InChI=1S/C26H43N7O6S/c27-11-3-1-5-19(29)23(36)33-22(16-40)26(39)32-21(15-17-7-9-18(35)10-8-17)25(38)31-20(6-2-4-12-28)24(37)30-13-14-34/h7-10,14,19-22,35,40H,1-6,11-13,15-16,27-29H2,(H,30,37)(H,31,38)(H,32,39)(H,33,36)/t19-,20-,21-,22-/m0/s1. The summed E-state index contributed by atoms with van der Waals surface area (Å²) in [5.41, 5.74) is 17.6. The summed E-state index contributed by atoms with van der Waals surface area (Å²) in [7, 11) is 0. The van der Waals surface area contributed by atoms with Crippen LogP contribution in [-0.2, 0) is 30.4 Å². The fraction of sp³-hybridized carbons (Fsp3) is 0.577. The van der Waals surface area contributed by atoms with Gasteiger partial charge in [0, 0.05) is 12.2 Å². The number of carbonyl (C=O) groups is 5. The number of rotatable bonds is 20. The molecular formula is C26H43N7O6S. The van der Waals surface area contributed by atoms with Crippen LogP contribution in [0.25, 0.3) is 0 Å². The van der Waals surface area contributed by atoms with E-state index in [1.807, 2.05) is 0 Å². The predicted octanol–water partition coefficient (Wildman–Crippen LogP) is -1.78. The first-order valence-corrected chi connectivity index (χ1v) is 14.0. The van der Waals surface area contributed by atoms with Crippen LogP contribution in [0, 0.1) is 0 Å². The molecule has 0 radical (unpaired) electrons. The van der Waals surface area contributed by atoms with Crippen LogP contribution in [0.2, 0.25) is 0 Å². The summed E-state index contributed by atoms with van der Waals surface area (Å²) in [5.74, 6) is -2.42. The summed E-state index contributed by atoms with van der Waals surface area (Å²) < 4.78 is 0. The summed E-state index contributed by atoms with van der Waals surface area (Å²) in [6, 6.07) is 2.04. The molecule has 0 aliphatic carbocycles. The first-order chi connectivity index (χ1) is 19.2. The molecule has 0 bridgehead atoms. The molecule has 1 aromatic rings. The second-order valence-corrected chi connectivity index (χ2v) is 9.69. The highest BCUT2D eigenvalue weighted by Crippen LogP contribution is 2.12. The zero-order valence-corrected chi connectivity index (χ0v) is 23.5. The van der Waals surface area contributed by atoms with Crippen LogP contribution in [0.4, 0.5) is 0 Å². The molecule has 0 spiro atoms. The predicted molar refractivity (Wildman–Crippen MR) is 154 cm³/mol. The molecule has 13 nitrogen and oxygen atoms in total. The quantitative estimate of drug-likeness (QED) is 0.0480. The van der Waals surface area contributed by atoms with Gasteiger partial charge in [-0.3, -0.25) is 19.2 Å². The second kappa shape index (κ2) is 19.8. The van der Waals surface area contributed by atoms with E-state index in [-0.39, 0.29) is 30.9 Å². The molecule has 0 fully saturated rings. The second-order valence-electron chi connectivity index (χ2n) is 9.32. The number of amides is 4. The van der Waals surface area contributed by atoms with Gasteiger partial charge in [0.15, 0.2) is 0 Å². The minimum Gasteiger partial charge on any atom is -0.508 e. The van der Waals surface area contributed by atoms with Gasteiger partial charge in [-0.2, -0.15) is 12.6 Å². The average Bonchev–Trinajstić information content (AvgIpc) is 2.94. The minimum absolute atomic E-state index is 0.0230. The van der Waals surface area contributed by atoms with Crippen LogP contribution < -0.4 is 38.5 Å². The number of aldehydes is 1. The lowest BCUT2D eigenvalue weighted by molar-refractivity contribution is -0.133. The van der Waals surface area contributed by atoms with E-state index in [2.05, 4.69) is 33.9 Å². The van der Waals surface area contributed by atoms with Gasteiger partial charge in [-0.1, -0.05) is 18.6 Å². The number of phenolic OH excluding ortho intramolecular Hbond substituents is 1. The van der Waals surface area contributed by atoms with Crippen molar-refractivity contribution in [2.75, 3.05) is 25.4 Å². The SMILES string of the molecule is NCCCC[C@H](NC(=O)[C@H](Cc1ccc(O)cc1)NC(=O)[C@H](CS)NC(=O)[C@@H](N)CCCCN)C(=O)NCC=O. The summed E-state index contributed by atoms with van der Waals surface area (Å²) in [4.78, 5) is 62.3. The van der Waals surface area contributed by atoms with E-state index in [0.717, 1.165) is 0 Å². The number of thiol groups is 1. The van der Waals surface area contributed by atoms with Gasteiger partial charge in [-0.05, 0) is 62.9 Å². The van der Waals surface area contributed by atoms with E-state index in [1.165, 1.54) is 12.1 Å². The highest BCUT2D eigenvalue weighted by molar-refractivity contribution is 7.80. The van der Waals surface area contributed by atoms with Gasteiger partial charge >= 0.3 is 0 Å². The Hall–Kier alpha value is -3.20. The third-order valence-corrected chi connectivity index (χ3v) is 6.44. The summed E-state index contributed by atoms with van der Waals surface area (Å²) in [5, 5.41) is 19.9. The molecule has 224 valence electrons. The number of benzene rings is 1. The van der Waals surface area contributed by atoms with Crippen LogP contribution in [0.5, 0.6) is 5.75 Å². The smallest absolute Gasteiger partial charge is 0.244 e. The van der Waals surface area contributed by atoms with Crippen molar-refractivity contribution in [1.82, 2.24) is 21.3 Å². The molecule has 0 saturated carbocycles. The van der Waals surface area contributed by atoms with Gasteiger partial charge in [0.05, 0.1) is 12.6 Å². The van der Waals surface area contributed by atoms with Gasteiger partial charge in [-0.15, -0.1) is 0 Å². The van der Waals surface area contributed by atoms with Crippen molar-refractivity contribution in [2.45, 2.75) is 69.1 Å². The molecule has 0 aliphatic heterocycles. The maximum absolute atomic E-state index is 13.4. The molecule has 0 saturated heterocycles. The number of aromatic hydroxyl groups is 1. The zero-order chi connectivity index (χ0) is 29.9. The summed E-state index contributed by atoms with van der Waals surface area (Å²) in [6.07, 6.45) is 3.76. The third kappa shape index (κ3) is 13.2. The molecule has 0 unspecified atom stereocenters. The lowest BCUT2D eigenvalue weighted by atomic mass is 10.0. The number of nitrogens with one attached hydrogen (secondary N) is 4. The Morgan fingerprint density at radius 2 is 1.35 bits per heavy atom. The summed E-state index contributed by atoms with van der Waals surface area (Å²) >= 11 is 4.18. The number of hydrogen-bond acceptors (Lipinski definition) is 10. The van der Waals surface area contributed by atoms with Gasteiger partial charge in [-0.25, -0.2) is 0 Å². The minimum atomic E-state index is -1.15. The fourth-order valence-electron chi connectivity index (χ4n) is 3.76. The Balaban J connectivity index is 3.06. The third-order valence-electron chi connectivity index (χ3n) is 6.07. The lowest BCUT2D eigenvalue weighted by Gasteiger charge is -2.25. The van der Waals surface area contributed by atoms with E-state index in [4.69, 9.17) is 17.2 Å². The van der Waals surface area contributed by atoms with Gasteiger partial charge < -0.3 is 48.4 Å². The van der Waals surface area contributed by atoms with Gasteiger partial charge in [0.2, 0.25) is 23.6 Å². The van der Waals surface area contributed by atoms with Crippen LogP contribution in [0.3, 0.4) is 0 Å². The van der Waals surface area contributed by atoms with Gasteiger partial charge in [0.1, 0.15) is 30.2 Å². The number of phenols is 1. The van der Waals surface area contributed by atoms with E-state index in [1.54, 1.807) is 12.1 Å². The van der Waals surface area contributed by atoms with E-state index in [9.17, 15) is 29.1 Å². The molecule has 0 aromatic heterocycles. The normalized spacial score (nSPS) is 13.8. The Morgan fingerprint density at radius 1 is 0.800 bits per heavy atom. The van der Waals surface area contributed by atoms with Gasteiger partial charge in [0.25, 0.3) is 0 Å². The molecule has 1 aromatic carbocycles. The Morgan fingerprint density at radius 3 is 1.93 bits per heavy atom. The first-order valence-electron chi connectivity index (χ1n) is 13.3. The van der Waals surface area contributed by atoms with Crippen molar-refractivity contribution in [1.29, 1.82) is 0 Å². The highest BCUT2D eigenvalue weighted by atomic mass is 32.1. The number of hydrogen-bond donors (Lipinski definition) is 9. The van der Waals surface area contributed by atoms with Crippen LogP contribution in [-0.4, -0.2) is 84.6 Å². The molecular weight excluding hydrogens is 538 g/mol. The fourth-order valence-corrected chi connectivity index (χ4v) is 4.02. The van der Waals surface area contributed by atoms with E-state index in [0.29, 0.717) is 57.0 Å². The number of carbonyl (C=O) groups excluding carboxylic acids is 5. The average molecular weight is 582 g/mol. The molecule has 0 aliphatic rings. The molecule has 1 rings (SSSR count). The Kier molecular flexibility index (Phi) is 17.2. The van der Waals surface area contributed by atoms with Crippen molar-refractivity contribution in [2.24, 2.45) is 17.2 Å². The highest BCUT2D eigenvalue weighted by Gasteiger charge is 2.30.